The lowest BCUT2D eigenvalue weighted by molar-refractivity contribution is 0.0941. The molecule has 1 heterocycles. The number of carbonyl (C=O) groups excluding carboxylic acids is 1. The number of methoxy groups -OCH3 is 1. The molecule has 0 atom stereocenters. The lowest BCUT2D eigenvalue weighted by atomic mass is 10.2. The van der Waals surface area contributed by atoms with E-state index in [-0.39, 0.29) is 18.2 Å². The monoisotopic (exact) mass is 386 g/mol. The fourth-order valence-electron chi connectivity index (χ4n) is 2.44. The second-order valence-corrected chi connectivity index (χ2v) is 6.30. The third-order valence-corrected chi connectivity index (χ3v) is 4.25. The van der Waals surface area contributed by atoms with Crippen LogP contribution in [0.5, 0.6) is 11.5 Å². The third-order valence-electron chi connectivity index (χ3n) is 3.88. The van der Waals surface area contributed by atoms with Gasteiger partial charge < -0.3 is 19.3 Å². The molecule has 3 rings (SSSR count). The molecule has 1 aromatic heterocycles. The van der Waals surface area contributed by atoms with Crippen LogP contribution in [0.4, 0.5) is 0 Å². The Bertz CT molecular complexity index is 939. The Morgan fingerprint density at radius 3 is 2.78 bits per heavy atom. The number of nitrogens with zero attached hydrogens (tertiary/aromatic N) is 1. The van der Waals surface area contributed by atoms with E-state index >= 15 is 0 Å². The van der Waals surface area contributed by atoms with Gasteiger partial charge in [0.05, 0.1) is 7.11 Å². The summed E-state index contributed by atoms with van der Waals surface area (Å²) in [5.41, 5.74) is 2.07. The van der Waals surface area contributed by atoms with Crippen molar-refractivity contribution in [2.75, 3.05) is 7.11 Å². The molecule has 0 aliphatic heterocycles. The predicted molar refractivity (Wildman–Crippen MR) is 101 cm³/mol. The van der Waals surface area contributed by atoms with Gasteiger partial charge in [0.2, 0.25) is 0 Å². The van der Waals surface area contributed by atoms with Crippen LogP contribution in [0.1, 0.15) is 27.4 Å². The fraction of sp³-hybridized carbons (Fsp3) is 0.200. The molecular weight excluding hydrogens is 368 g/mol. The highest BCUT2D eigenvalue weighted by Gasteiger charge is 2.14. The second-order valence-electron chi connectivity index (χ2n) is 5.90. The smallest absolute Gasteiger partial charge is 0.273 e. The van der Waals surface area contributed by atoms with Crippen molar-refractivity contribution in [2.45, 2.75) is 20.1 Å². The number of hydrogen-bond donors (Lipinski definition) is 1. The molecule has 0 spiro atoms. The number of rotatable bonds is 7. The van der Waals surface area contributed by atoms with Crippen molar-refractivity contribution < 1.29 is 18.8 Å². The van der Waals surface area contributed by atoms with E-state index in [2.05, 4.69) is 10.5 Å². The van der Waals surface area contributed by atoms with E-state index in [1.165, 1.54) is 0 Å². The summed E-state index contributed by atoms with van der Waals surface area (Å²) in [6.45, 7) is 2.40. The molecule has 1 N–H and O–H groups in total. The molecule has 27 heavy (non-hydrogen) atoms. The summed E-state index contributed by atoms with van der Waals surface area (Å²) in [7, 11) is 1.58. The highest BCUT2D eigenvalue weighted by molar-refractivity contribution is 6.31. The van der Waals surface area contributed by atoms with Crippen LogP contribution in [0.15, 0.2) is 53.1 Å². The number of aromatic nitrogens is 1. The first-order chi connectivity index (χ1) is 13.1. The van der Waals surface area contributed by atoms with Crippen molar-refractivity contribution in [3.8, 4) is 11.5 Å². The molecule has 0 saturated heterocycles. The van der Waals surface area contributed by atoms with Crippen LogP contribution >= 0.6 is 11.6 Å². The van der Waals surface area contributed by atoms with Gasteiger partial charge in [-0.25, -0.2) is 0 Å². The van der Waals surface area contributed by atoms with Gasteiger partial charge >= 0.3 is 0 Å². The van der Waals surface area contributed by atoms with Gasteiger partial charge in [-0.05, 0) is 36.2 Å². The van der Waals surface area contributed by atoms with Crippen LogP contribution in [0, 0.1) is 6.92 Å². The number of nitrogens with one attached hydrogen (secondary N) is 1. The number of amides is 1. The Balaban J connectivity index is 1.58. The minimum absolute atomic E-state index is 0.129. The molecule has 0 aliphatic carbocycles. The van der Waals surface area contributed by atoms with Crippen molar-refractivity contribution in [3.63, 3.8) is 0 Å². The van der Waals surface area contributed by atoms with E-state index in [9.17, 15) is 4.79 Å². The highest BCUT2D eigenvalue weighted by Crippen LogP contribution is 2.28. The summed E-state index contributed by atoms with van der Waals surface area (Å²) in [5, 5.41) is 7.15. The molecule has 7 heteroatoms. The van der Waals surface area contributed by atoms with Crippen LogP contribution in [-0.4, -0.2) is 18.2 Å². The lowest BCUT2D eigenvalue weighted by Gasteiger charge is -2.09. The molecular formula is C20H19ClN2O4. The zero-order valence-electron chi connectivity index (χ0n) is 15.0. The number of halogens is 1. The van der Waals surface area contributed by atoms with Crippen molar-refractivity contribution in [2.24, 2.45) is 0 Å². The predicted octanol–water partition coefficient (Wildman–Crippen LogP) is 4.15. The average Bonchev–Trinajstić information content (AvgIpc) is 3.15. The van der Waals surface area contributed by atoms with Gasteiger partial charge in [0, 0.05) is 17.6 Å². The molecule has 140 valence electrons. The lowest BCUT2D eigenvalue weighted by Crippen LogP contribution is -2.23. The molecule has 0 aliphatic rings. The van der Waals surface area contributed by atoms with E-state index in [1.54, 1.807) is 19.2 Å². The maximum Gasteiger partial charge on any atom is 0.273 e. The molecule has 0 fully saturated rings. The van der Waals surface area contributed by atoms with Crippen molar-refractivity contribution in [3.05, 3.63) is 76.1 Å². The number of ether oxygens (including phenoxy) is 2. The standard InChI is InChI=1S/C20H19ClN2O4/c1-13-7-8-18(19(9-13)25-2)26-12-15-10-17(23-27-15)20(24)22-11-14-5-3-4-6-16(14)21/h3-10H,11-12H2,1-2H3,(H,22,24). The van der Waals surface area contributed by atoms with Crippen LogP contribution in [0.2, 0.25) is 5.02 Å². The maximum absolute atomic E-state index is 12.2. The first-order valence-corrected chi connectivity index (χ1v) is 8.69. The Morgan fingerprint density at radius 1 is 1.19 bits per heavy atom. The largest absolute Gasteiger partial charge is 0.493 e. The molecule has 0 bridgehead atoms. The zero-order chi connectivity index (χ0) is 19.2. The van der Waals surface area contributed by atoms with E-state index < -0.39 is 0 Å². The number of benzene rings is 2. The summed E-state index contributed by atoms with van der Waals surface area (Å²) < 4.78 is 16.2. The zero-order valence-corrected chi connectivity index (χ0v) is 15.7. The van der Waals surface area contributed by atoms with Crippen LogP contribution < -0.4 is 14.8 Å². The first kappa shape index (κ1) is 18.8. The summed E-state index contributed by atoms with van der Waals surface area (Å²) in [6.07, 6.45) is 0. The van der Waals surface area contributed by atoms with E-state index in [4.69, 9.17) is 25.6 Å². The van der Waals surface area contributed by atoms with Gasteiger partial charge in [-0.2, -0.15) is 0 Å². The second kappa shape index (κ2) is 8.60. The molecule has 6 nitrogen and oxygen atoms in total. The average molecular weight is 387 g/mol. The van der Waals surface area contributed by atoms with Crippen molar-refractivity contribution in [1.82, 2.24) is 10.5 Å². The minimum Gasteiger partial charge on any atom is -0.493 e. The van der Waals surface area contributed by atoms with Gasteiger partial charge in [0.1, 0.15) is 6.61 Å². The van der Waals surface area contributed by atoms with Crippen LogP contribution in [-0.2, 0) is 13.2 Å². The number of carbonyl (C=O) groups is 1. The molecule has 0 saturated carbocycles. The topological polar surface area (TPSA) is 73.6 Å². The van der Waals surface area contributed by atoms with Gasteiger partial charge in [-0.1, -0.05) is 41.0 Å². The Kier molecular flexibility index (Phi) is 5.98. The van der Waals surface area contributed by atoms with Gasteiger partial charge in [0.25, 0.3) is 5.91 Å². The fourth-order valence-corrected chi connectivity index (χ4v) is 2.64. The van der Waals surface area contributed by atoms with Crippen molar-refractivity contribution >= 4 is 17.5 Å². The first-order valence-electron chi connectivity index (χ1n) is 8.31. The SMILES string of the molecule is COc1cc(C)ccc1OCc1cc(C(=O)NCc2ccccc2Cl)no1. The number of aryl methyl sites for hydroxylation is 1. The Morgan fingerprint density at radius 2 is 2.00 bits per heavy atom. The summed E-state index contributed by atoms with van der Waals surface area (Å²) in [4.78, 5) is 12.2. The Hall–Kier alpha value is -2.99. The van der Waals surface area contributed by atoms with Crippen LogP contribution in [0.25, 0.3) is 0 Å². The third kappa shape index (κ3) is 4.80. The molecule has 0 radical (unpaired) electrons. The summed E-state index contributed by atoms with van der Waals surface area (Å²) in [6, 6.07) is 14.5. The molecule has 2 aromatic carbocycles. The molecule has 1 amide bonds. The summed E-state index contributed by atoms with van der Waals surface area (Å²) >= 11 is 6.08. The van der Waals surface area contributed by atoms with Crippen LogP contribution in [0.3, 0.4) is 0 Å². The molecule has 3 aromatic rings. The van der Waals surface area contributed by atoms with E-state index in [1.807, 2.05) is 43.3 Å². The number of hydrogen-bond acceptors (Lipinski definition) is 5. The van der Waals surface area contributed by atoms with E-state index in [0.29, 0.717) is 28.8 Å². The quantitative estimate of drug-likeness (QED) is 0.660. The maximum atomic E-state index is 12.2. The Labute approximate surface area is 162 Å². The van der Waals surface area contributed by atoms with Gasteiger partial charge in [0.15, 0.2) is 23.0 Å². The van der Waals surface area contributed by atoms with Gasteiger partial charge in [-0.3, -0.25) is 4.79 Å². The normalized spacial score (nSPS) is 10.5. The van der Waals surface area contributed by atoms with Crippen molar-refractivity contribution in [1.29, 1.82) is 0 Å². The van der Waals surface area contributed by atoms with E-state index in [0.717, 1.165) is 11.1 Å². The minimum atomic E-state index is -0.349. The highest BCUT2D eigenvalue weighted by atomic mass is 35.5. The van der Waals surface area contributed by atoms with Gasteiger partial charge in [-0.15, -0.1) is 0 Å². The summed E-state index contributed by atoms with van der Waals surface area (Å²) in [5.74, 6) is 1.30. The molecule has 0 unspecified atom stereocenters.